The fourth-order valence-electron chi connectivity index (χ4n) is 2.29. The van der Waals surface area contributed by atoms with E-state index in [0.717, 1.165) is 10.9 Å². The van der Waals surface area contributed by atoms with E-state index in [9.17, 15) is 5.11 Å². The van der Waals surface area contributed by atoms with Gasteiger partial charge in [-0.05, 0) is 6.07 Å². The molecule has 0 amide bonds. The van der Waals surface area contributed by atoms with Crippen LogP contribution in [0.25, 0.3) is 10.9 Å². The van der Waals surface area contributed by atoms with Crippen molar-refractivity contribution < 1.29 is 14.6 Å². The van der Waals surface area contributed by atoms with Gasteiger partial charge in [-0.3, -0.25) is 4.99 Å². The quantitative estimate of drug-likeness (QED) is 0.722. The highest BCUT2D eigenvalue weighted by atomic mass is 16.5. The lowest BCUT2D eigenvalue weighted by atomic mass is 10.2. The van der Waals surface area contributed by atoms with Crippen molar-refractivity contribution in [1.82, 2.24) is 4.98 Å². The molecular weight excluding hydrogens is 280 g/mol. The Kier molecular flexibility index (Phi) is 3.70. The smallest absolute Gasteiger partial charge is 0.198 e. The van der Waals surface area contributed by atoms with Crippen molar-refractivity contribution in [3.63, 3.8) is 0 Å². The minimum atomic E-state index is 0.0970. The van der Waals surface area contributed by atoms with E-state index in [2.05, 4.69) is 9.98 Å². The number of nitrogens with zero attached hydrogens (tertiary/aromatic N) is 1. The maximum atomic E-state index is 10.0. The van der Waals surface area contributed by atoms with E-state index in [4.69, 9.17) is 9.47 Å². The summed E-state index contributed by atoms with van der Waals surface area (Å²) in [6, 6.07) is 13.0. The molecule has 3 rings (SSSR count). The van der Waals surface area contributed by atoms with Crippen LogP contribution in [0.1, 0.15) is 5.56 Å². The molecule has 0 fully saturated rings. The van der Waals surface area contributed by atoms with Crippen LogP contribution < -0.4 is 9.47 Å². The summed E-state index contributed by atoms with van der Waals surface area (Å²) in [6.07, 6.45) is 1.63. The van der Waals surface area contributed by atoms with E-state index >= 15 is 0 Å². The van der Waals surface area contributed by atoms with Gasteiger partial charge in [0.1, 0.15) is 11.5 Å². The number of rotatable bonds is 4. The number of hydrogen-bond acceptors (Lipinski definition) is 4. The summed E-state index contributed by atoms with van der Waals surface area (Å²) in [5.74, 6) is 1.42. The Morgan fingerprint density at radius 3 is 2.41 bits per heavy atom. The van der Waals surface area contributed by atoms with Gasteiger partial charge in [-0.1, -0.05) is 18.2 Å². The monoisotopic (exact) mass is 296 g/mol. The summed E-state index contributed by atoms with van der Waals surface area (Å²) < 4.78 is 10.4. The number of aromatic nitrogens is 1. The fraction of sp³-hybridized carbons (Fsp3) is 0.118. The SMILES string of the molecule is COc1cc(N=Cc2c(O)[nH]c3ccccc23)cc(OC)c1. The van der Waals surface area contributed by atoms with Crippen molar-refractivity contribution in [1.29, 1.82) is 0 Å². The number of para-hydroxylation sites is 1. The Bertz CT molecular complexity index is 815. The van der Waals surface area contributed by atoms with E-state index < -0.39 is 0 Å². The molecule has 22 heavy (non-hydrogen) atoms. The van der Waals surface area contributed by atoms with Gasteiger partial charge in [-0.2, -0.15) is 0 Å². The molecule has 5 heteroatoms. The van der Waals surface area contributed by atoms with Gasteiger partial charge < -0.3 is 19.6 Å². The predicted molar refractivity (Wildman–Crippen MR) is 86.8 cm³/mol. The topological polar surface area (TPSA) is 66.8 Å². The van der Waals surface area contributed by atoms with E-state index in [1.54, 1.807) is 38.6 Å². The molecule has 0 aliphatic carbocycles. The van der Waals surface area contributed by atoms with Crippen LogP contribution in [-0.2, 0) is 0 Å². The highest BCUT2D eigenvalue weighted by molar-refractivity contribution is 6.02. The first-order chi connectivity index (χ1) is 10.7. The summed E-state index contributed by atoms with van der Waals surface area (Å²) in [5.41, 5.74) is 2.20. The van der Waals surface area contributed by atoms with Crippen LogP contribution in [0.4, 0.5) is 5.69 Å². The van der Waals surface area contributed by atoms with Crippen molar-refractivity contribution in [3.8, 4) is 17.4 Å². The second-order valence-corrected chi connectivity index (χ2v) is 4.76. The number of benzene rings is 2. The zero-order valence-electron chi connectivity index (χ0n) is 12.3. The maximum absolute atomic E-state index is 10.0. The van der Waals surface area contributed by atoms with Crippen LogP contribution in [0.15, 0.2) is 47.5 Å². The highest BCUT2D eigenvalue weighted by Crippen LogP contribution is 2.29. The third-order valence-electron chi connectivity index (χ3n) is 3.40. The molecule has 1 heterocycles. The first-order valence-electron chi connectivity index (χ1n) is 6.78. The minimum Gasteiger partial charge on any atom is -0.497 e. The Balaban J connectivity index is 2.01. The number of ether oxygens (including phenoxy) is 2. The molecule has 112 valence electrons. The molecular formula is C17H16N2O3. The molecule has 2 aromatic carbocycles. The molecule has 0 saturated heterocycles. The van der Waals surface area contributed by atoms with Crippen molar-refractivity contribution in [2.45, 2.75) is 0 Å². The summed E-state index contributed by atoms with van der Waals surface area (Å²) in [5, 5.41) is 10.9. The number of fused-ring (bicyclic) bond motifs is 1. The molecule has 0 atom stereocenters. The van der Waals surface area contributed by atoms with Gasteiger partial charge in [0.25, 0.3) is 0 Å². The number of H-pyrrole nitrogens is 1. The molecule has 0 unspecified atom stereocenters. The summed E-state index contributed by atoms with van der Waals surface area (Å²) >= 11 is 0. The summed E-state index contributed by atoms with van der Waals surface area (Å²) in [4.78, 5) is 7.34. The van der Waals surface area contributed by atoms with E-state index in [0.29, 0.717) is 22.7 Å². The normalized spacial score (nSPS) is 11.2. The lowest BCUT2D eigenvalue weighted by Gasteiger charge is -2.05. The second kappa shape index (κ2) is 5.81. The number of hydrogen-bond donors (Lipinski definition) is 2. The van der Waals surface area contributed by atoms with Crippen LogP contribution in [0.3, 0.4) is 0 Å². The molecule has 0 radical (unpaired) electrons. The van der Waals surface area contributed by atoms with E-state index in [1.165, 1.54) is 0 Å². The van der Waals surface area contributed by atoms with Gasteiger partial charge in [-0.15, -0.1) is 0 Å². The van der Waals surface area contributed by atoms with Crippen molar-refractivity contribution >= 4 is 22.8 Å². The lowest BCUT2D eigenvalue weighted by molar-refractivity contribution is 0.394. The molecule has 3 aromatic rings. The third-order valence-corrected chi connectivity index (χ3v) is 3.40. The van der Waals surface area contributed by atoms with Crippen LogP contribution in [0, 0.1) is 0 Å². The molecule has 2 N–H and O–H groups in total. The number of aliphatic imine (C=N–C) groups is 1. The molecule has 0 saturated carbocycles. The van der Waals surface area contributed by atoms with Gasteiger partial charge >= 0.3 is 0 Å². The Hall–Kier alpha value is -2.95. The van der Waals surface area contributed by atoms with Gasteiger partial charge in [0.15, 0.2) is 5.88 Å². The summed E-state index contributed by atoms with van der Waals surface area (Å²) in [6.45, 7) is 0. The first kappa shape index (κ1) is 14.0. The number of nitrogens with one attached hydrogen (secondary N) is 1. The van der Waals surface area contributed by atoms with Crippen molar-refractivity contribution in [2.75, 3.05) is 14.2 Å². The Labute approximate surface area is 127 Å². The van der Waals surface area contributed by atoms with Gasteiger partial charge in [-0.25, -0.2) is 0 Å². The highest BCUT2D eigenvalue weighted by Gasteiger charge is 2.08. The zero-order chi connectivity index (χ0) is 15.5. The maximum Gasteiger partial charge on any atom is 0.198 e. The predicted octanol–water partition coefficient (Wildman–Crippen LogP) is 3.64. The van der Waals surface area contributed by atoms with Gasteiger partial charge in [0.2, 0.25) is 0 Å². The van der Waals surface area contributed by atoms with Crippen molar-refractivity contribution in [2.24, 2.45) is 4.99 Å². The van der Waals surface area contributed by atoms with Gasteiger partial charge in [0, 0.05) is 35.3 Å². The standard InChI is InChI=1S/C17H16N2O3/c1-21-12-7-11(8-13(9-12)22-2)18-10-15-14-5-3-4-6-16(14)19-17(15)20/h3-10,19-20H,1-2H3. The molecule has 5 nitrogen and oxygen atoms in total. The molecule has 0 bridgehead atoms. The average Bonchev–Trinajstić information content (AvgIpc) is 2.87. The Morgan fingerprint density at radius 1 is 1.05 bits per heavy atom. The molecule has 0 spiro atoms. The summed E-state index contributed by atoms with van der Waals surface area (Å²) in [7, 11) is 3.18. The largest absolute Gasteiger partial charge is 0.497 e. The van der Waals surface area contributed by atoms with Crippen LogP contribution >= 0.6 is 0 Å². The third kappa shape index (κ3) is 2.61. The zero-order valence-corrected chi connectivity index (χ0v) is 12.3. The van der Waals surface area contributed by atoms with Crippen LogP contribution in [0.5, 0.6) is 17.4 Å². The Morgan fingerprint density at radius 2 is 1.73 bits per heavy atom. The molecule has 1 aromatic heterocycles. The number of aromatic amines is 1. The van der Waals surface area contributed by atoms with E-state index in [1.807, 2.05) is 24.3 Å². The number of aromatic hydroxyl groups is 1. The van der Waals surface area contributed by atoms with Crippen molar-refractivity contribution in [3.05, 3.63) is 48.0 Å². The second-order valence-electron chi connectivity index (χ2n) is 4.76. The van der Waals surface area contributed by atoms with Crippen LogP contribution in [-0.4, -0.2) is 30.5 Å². The number of methoxy groups -OCH3 is 2. The lowest BCUT2D eigenvalue weighted by Crippen LogP contribution is -1.87. The van der Waals surface area contributed by atoms with Crippen LogP contribution in [0.2, 0.25) is 0 Å². The fourth-order valence-corrected chi connectivity index (χ4v) is 2.29. The average molecular weight is 296 g/mol. The first-order valence-corrected chi connectivity index (χ1v) is 6.78. The van der Waals surface area contributed by atoms with Gasteiger partial charge in [0.05, 0.1) is 25.5 Å². The minimum absolute atomic E-state index is 0.0970. The van der Waals surface area contributed by atoms with E-state index in [-0.39, 0.29) is 5.88 Å². The molecule has 0 aliphatic rings. The molecule has 0 aliphatic heterocycles.